The van der Waals surface area contributed by atoms with Crippen LogP contribution in [0.25, 0.3) is 0 Å². The first kappa shape index (κ1) is 15.0. The number of pyridine rings is 1. The van der Waals surface area contributed by atoms with E-state index >= 15 is 0 Å². The monoisotopic (exact) mass is 366 g/mol. The summed E-state index contributed by atoms with van der Waals surface area (Å²) >= 11 is 3.12. The zero-order valence-corrected chi connectivity index (χ0v) is 13.5. The lowest BCUT2D eigenvalue weighted by Crippen LogP contribution is -2.37. The first-order valence-electron chi connectivity index (χ1n) is 6.84. The van der Waals surface area contributed by atoms with Crippen molar-refractivity contribution in [3.8, 4) is 0 Å². The molecule has 1 amide bonds. The molecule has 0 aromatic carbocycles. The van der Waals surface area contributed by atoms with Crippen molar-refractivity contribution in [3.63, 3.8) is 0 Å². The predicted molar refractivity (Wildman–Crippen MR) is 82.5 cm³/mol. The van der Waals surface area contributed by atoms with Crippen LogP contribution in [0.2, 0.25) is 0 Å². The molecule has 3 heterocycles. The maximum absolute atomic E-state index is 12.3. The van der Waals surface area contributed by atoms with Crippen molar-refractivity contribution in [3.05, 3.63) is 50.9 Å². The summed E-state index contributed by atoms with van der Waals surface area (Å²) in [4.78, 5) is 30.4. The highest BCUT2D eigenvalue weighted by Gasteiger charge is 2.33. The van der Waals surface area contributed by atoms with Crippen LogP contribution in [-0.2, 0) is 11.8 Å². The van der Waals surface area contributed by atoms with Gasteiger partial charge >= 0.3 is 0 Å². The summed E-state index contributed by atoms with van der Waals surface area (Å²) in [5.74, 6) is 0.525. The van der Waals surface area contributed by atoms with Crippen LogP contribution in [0.15, 0.2) is 33.9 Å². The first-order chi connectivity index (χ1) is 10.6. The molecule has 22 heavy (non-hydrogen) atoms. The number of carbonyl (C=O) groups excluding carboxylic acids is 1. The number of halogens is 1. The summed E-state index contributed by atoms with van der Waals surface area (Å²) in [6.45, 7) is 0.567. The Hall–Kier alpha value is -1.93. The van der Waals surface area contributed by atoms with E-state index in [4.69, 9.17) is 4.74 Å². The van der Waals surface area contributed by atoms with E-state index in [1.54, 1.807) is 6.20 Å². The molecule has 2 aromatic rings. The second-order valence-corrected chi connectivity index (χ2v) is 5.98. The number of amides is 1. The van der Waals surface area contributed by atoms with Gasteiger partial charge in [-0.2, -0.15) is 0 Å². The number of carbonyl (C=O) groups is 1. The highest BCUT2D eigenvalue weighted by Crippen LogP contribution is 2.27. The van der Waals surface area contributed by atoms with E-state index in [-0.39, 0.29) is 23.6 Å². The molecule has 7 nitrogen and oxygen atoms in total. The molecule has 0 unspecified atom stereocenters. The van der Waals surface area contributed by atoms with Crippen molar-refractivity contribution in [1.29, 1.82) is 0 Å². The van der Waals surface area contributed by atoms with Crippen LogP contribution in [-0.4, -0.2) is 33.1 Å². The third-order valence-electron chi connectivity index (χ3n) is 3.64. The Morgan fingerprint density at radius 1 is 1.59 bits per heavy atom. The van der Waals surface area contributed by atoms with Gasteiger partial charge in [0.2, 0.25) is 0 Å². The number of hydrogen-bond donors (Lipinski definition) is 2. The first-order valence-corrected chi connectivity index (χ1v) is 7.63. The van der Waals surface area contributed by atoms with Crippen LogP contribution in [0.4, 0.5) is 0 Å². The van der Waals surface area contributed by atoms with Gasteiger partial charge in [-0.05, 0) is 28.4 Å². The molecule has 0 aliphatic carbocycles. The lowest BCUT2D eigenvalue weighted by atomic mass is 10.1. The van der Waals surface area contributed by atoms with Gasteiger partial charge in [0, 0.05) is 32.2 Å². The fraction of sp³-hybridized carbons (Fsp3) is 0.357. The maximum atomic E-state index is 12.3. The fourth-order valence-electron chi connectivity index (χ4n) is 2.48. The van der Waals surface area contributed by atoms with Gasteiger partial charge in [0.1, 0.15) is 11.9 Å². The Balaban J connectivity index is 1.77. The maximum Gasteiger partial charge on any atom is 0.262 e. The van der Waals surface area contributed by atoms with Gasteiger partial charge in [-0.3, -0.25) is 9.59 Å². The highest BCUT2D eigenvalue weighted by molar-refractivity contribution is 9.10. The number of aromatic nitrogens is 3. The minimum absolute atomic E-state index is 0.153. The van der Waals surface area contributed by atoms with Gasteiger partial charge < -0.3 is 19.6 Å². The standard InChI is InChI=1S/C14H15BrN4O3/c1-19-4-3-16-12(19)11-10(2-5-22-11)18-13(20)8-6-9(15)14(21)17-7-8/h3-4,6-7,10-11H,2,5H2,1H3,(H,17,21)(H,18,20)/t10-,11-/m0/s1. The lowest BCUT2D eigenvalue weighted by Gasteiger charge is -2.19. The average molecular weight is 367 g/mol. The third kappa shape index (κ3) is 2.84. The SMILES string of the molecule is Cn1ccnc1[C@H]1OCC[C@@H]1NC(=O)c1c[nH]c(=O)c(Br)c1. The summed E-state index contributed by atoms with van der Waals surface area (Å²) in [6, 6.07) is 1.35. The zero-order valence-electron chi connectivity index (χ0n) is 11.9. The molecule has 8 heteroatoms. The third-order valence-corrected chi connectivity index (χ3v) is 4.23. The molecule has 2 atom stereocenters. The number of aryl methyl sites for hydroxylation is 1. The van der Waals surface area contributed by atoms with Crippen molar-refractivity contribution >= 4 is 21.8 Å². The summed E-state index contributed by atoms with van der Waals surface area (Å²) < 4.78 is 7.91. The minimum Gasteiger partial charge on any atom is -0.368 e. The summed E-state index contributed by atoms with van der Waals surface area (Å²) in [5.41, 5.74) is 0.114. The van der Waals surface area contributed by atoms with E-state index in [0.29, 0.717) is 23.1 Å². The quantitative estimate of drug-likeness (QED) is 0.851. The second-order valence-electron chi connectivity index (χ2n) is 5.12. The van der Waals surface area contributed by atoms with Crippen LogP contribution in [0.1, 0.15) is 28.7 Å². The minimum atomic E-state index is -0.272. The number of hydrogen-bond acceptors (Lipinski definition) is 4. The number of rotatable bonds is 3. The number of nitrogens with zero attached hydrogens (tertiary/aromatic N) is 2. The molecular weight excluding hydrogens is 352 g/mol. The Kier molecular flexibility index (Phi) is 4.12. The molecule has 2 aromatic heterocycles. The van der Waals surface area contributed by atoms with Crippen molar-refractivity contribution in [2.24, 2.45) is 7.05 Å². The van der Waals surface area contributed by atoms with Gasteiger partial charge in [-0.25, -0.2) is 4.98 Å². The van der Waals surface area contributed by atoms with E-state index in [2.05, 4.69) is 31.2 Å². The van der Waals surface area contributed by atoms with Gasteiger partial charge in [0.15, 0.2) is 0 Å². The van der Waals surface area contributed by atoms with Crippen molar-refractivity contribution in [2.45, 2.75) is 18.6 Å². The average Bonchev–Trinajstić information content (AvgIpc) is 3.10. The molecule has 1 fully saturated rings. The molecule has 1 saturated heterocycles. The molecule has 1 aliphatic heterocycles. The molecule has 3 rings (SSSR count). The molecule has 116 valence electrons. The molecule has 0 saturated carbocycles. The Bertz CT molecular complexity index is 755. The smallest absolute Gasteiger partial charge is 0.262 e. The van der Waals surface area contributed by atoms with Crippen LogP contribution in [0.3, 0.4) is 0 Å². The van der Waals surface area contributed by atoms with Gasteiger partial charge in [-0.15, -0.1) is 0 Å². The number of H-pyrrole nitrogens is 1. The normalized spacial score (nSPS) is 21.0. The summed E-state index contributed by atoms with van der Waals surface area (Å²) in [6.07, 6.45) is 5.39. The Morgan fingerprint density at radius 2 is 2.41 bits per heavy atom. The molecule has 2 N–H and O–H groups in total. The van der Waals surface area contributed by atoms with Gasteiger partial charge in [0.25, 0.3) is 11.5 Å². The van der Waals surface area contributed by atoms with Crippen LogP contribution in [0.5, 0.6) is 0 Å². The highest BCUT2D eigenvalue weighted by atomic mass is 79.9. The molecule has 0 radical (unpaired) electrons. The summed E-state index contributed by atoms with van der Waals surface area (Å²) in [7, 11) is 1.89. The molecule has 0 bridgehead atoms. The fourth-order valence-corrected chi connectivity index (χ4v) is 2.84. The molecular formula is C14H15BrN4O3. The topological polar surface area (TPSA) is 89.0 Å². The predicted octanol–water partition coefficient (Wildman–Crippen LogP) is 1.13. The van der Waals surface area contributed by atoms with Crippen LogP contribution >= 0.6 is 15.9 Å². The van der Waals surface area contributed by atoms with Crippen LogP contribution < -0.4 is 10.9 Å². The van der Waals surface area contributed by atoms with E-state index in [1.165, 1.54) is 12.3 Å². The zero-order chi connectivity index (χ0) is 15.7. The van der Waals surface area contributed by atoms with Crippen molar-refractivity contribution in [1.82, 2.24) is 19.9 Å². The second kappa shape index (κ2) is 6.05. The van der Waals surface area contributed by atoms with E-state index in [1.807, 2.05) is 17.8 Å². The molecule has 1 aliphatic rings. The van der Waals surface area contributed by atoms with E-state index in [0.717, 1.165) is 5.82 Å². The van der Waals surface area contributed by atoms with E-state index < -0.39 is 0 Å². The number of aromatic amines is 1. The lowest BCUT2D eigenvalue weighted by molar-refractivity contribution is 0.0779. The number of imidazole rings is 1. The Labute approximate surface area is 134 Å². The molecule has 0 spiro atoms. The van der Waals surface area contributed by atoms with Gasteiger partial charge in [0.05, 0.1) is 16.1 Å². The Morgan fingerprint density at radius 3 is 3.09 bits per heavy atom. The number of ether oxygens (including phenoxy) is 1. The van der Waals surface area contributed by atoms with Crippen molar-refractivity contribution in [2.75, 3.05) is 6.61 Å². The summed E-state index contributed by atoms with van der Waals surface area (Å²) in [5, 5.41) is 2.95. The van der Waals surface area contributed by atoms with Gasteiger partial charge in [-0.1, -0.05) is 0 Å². The van der Waals surface area contributed by atoms with E-state index in [9.17, 15) is 9.59 Å². The van der Waals surface area contributed by atoms with Crippen molar-refractivity contribution < 1.29 is 9.53 Å². The van der Waals surface area contributed by atoms with Crippen LogP contribution in [0, 0.1) is 0 Å². The number of nitrogens with one attached hydrogen (secondary N) is 2. The largest absolute Gasteiger partial charge is 0.368 e.